The Kier molecular flexibility index (Phi) is 7.76. The van der Waals surface area contributed by atoms with Crippen LogP contribution in [0.2, 0.25) is 0 Å². The third-order valence-electron chi connectivity index (χ3n) is 4.88. The van der Waals surface area contributed by atoms with Crippen molar-refractivity contribution in [3.63, 3.8) is 0 Å². The number of carbonyl (C=O) groups is 1. The number of carbonyl (C=O) groups excluding carboxylic acids is 1. The summed E-state index contributed by atoms with van der Waals surface area (Å²) in [7, 11) is 1.58. The van der Waals surface area contributed by atoms with Crippen LogP contribution in [0.15, 0.2) is 53.5 Å². The summed E-state index contributed by atoms with van der Waals surface area (Å²) >= 11 is 3.37. The van der Waals surface area contributed by atoms with Crippen molar-refractivity contribution in [3.05, 3.63) is 64.7 Å². The summed E-state index contributed by atoms with van der Waals surface area (Å²) < 4.78 is 17.5. The first-order valence-electron chi connectivity index (χ1n) is 9.81. The Morgan fingerprint density at radius 1 is 1.33 bits per heavy atom. The Morgan fingerprint density at radius 3 is 2.87 bits per heavy atom. The van der Waals surface area contributed by atoms with E-state index in [4.69, 9.17) is 14.2 Å². The van der Waals surface area contributed by atoms with Gasteiger partial charge in [0.1, 0.15) is 12.4 Å². The number of halogens is 1. The van der Waals surface area contributed by atoms with Crippen LogP contribution >= 0.6 is 15.9 Å². The summed E-state index contributed by atoms with van der Waals surface area (Å²) in [6.07, 6.45) is 3.55. The minimum absolute atomic E-state index is 0.0136. The highest BCUT2D eigenvalue weighted by Crippen LogP contribution is 2.30. The quantitative estimate of drug-likeness (QED) is 0.538. The zero-order chi connectivity index (χ0) is 21.5. The molecular weight excluding hydrogens is 450 g/mol. The van der Waals surface area contributed by atoms with Gasteiger partial charge in [0.05, 0.1) is 18.8 Å². The van der Waals surface area contributed by atoms with Gasteiger partial charge in [0.25, 0.3) is 5.91 Å². The van der Waals surface area contributed by atoms with Crippen LogP contribution in [0.3, 0.4) is 0 Å². The molecule has 30 heavy (non-hydrogen) atoms. The van der Waals surface area contributed by atoms with E-state index in [1.807, 2.05) is 18.2 Å². The van der Waals surface area contributed by atoms with Gasteiger partial charge in [-0.15, -0.1) is 0 Å². The normalized spacial score (nSPS) is 15.6. The van der Waals surface area contributed by atoms with Crippen LogP contribution in [0.25, 0.3) is 0 Å². The lowest BCUT2D eigenvalue weighted by atomic mass is 10.1. The predicted molar refractivity (Wildman–Crippen MR) is 118 cm³/mol. The molecule has 0 aromatic heterocycles. The number of rotatable bonds is 9. The molecule has 1 aliphatic rings. The van der Waals surface area contributed by atoms with Crippen LogP contribution in [0.1, 0.15) is 28.8 Å². The van der Waals surface area contributed by atoms with E-state index in [0.29, 0.717) is 37.8 Å². The molecule has 1 atom stereocenters. The molecule has 0 spiro atoms. The van der Waals surface area contributed by atoms with Gasteiger partial charge >= 0.3 is 0 Å². The van der Waals surface area contributed by atoms with Crippen molar-refractivity contribution in [2.75, 3.05) is 26.9 Å². The molecule has 0 aliphatic carbocycles. The first-order valence-corrected chi connectivity index (χ1v) is 10.6. The van der Waals surface area contributed by atoms with Gasteiger partial charge in [-0.05, 0) is 48.7 Å². The molecule has 6 nitrogen and oxygen atoms in total. The molecule has 0 unspecified atom stereocenters. The minimum atomic E-state index is -0.254. The van der Waals surface area contributed by atoms with Gasteiger partial charge < -0.3 is 24.2 Å². The summed E-state index contributed by atoms with van der Waals surface area (Å²) in [4.78, 5) is 15.0. The van der Waals surface area contributed by atoms with Gasteiger partial charge in [0.15, 0.2) is 11.5 Å². The van der Waals surface area contributed by atoms with E-state index >= 15 is 0 Å². The number of aromatic hydroxyl groups is 1. The Hall–Kier alpha value is -2.51. The van der Waals surface area contributed by atoms with Crippen LogP contribution in [-0.2, 0) is 11.3 Å². The number of nitrogens with zero attached hydrogens (tertiary/aromatic N) is 1. The number of methoxy groups -OCH3 is 1. The zero-order valence-electron chi connectivity index (χ0n) is 17.0. The molecule has 1 saturated heterocycles. The van der Waals surface area contributed by atoms with Gasteiger partial charge in [0.2, 0.25) is 0 Å². The summed E-state index contributed by atoms with van der Waals surface area (Å²) in [6.45, 7) is 5.53. The van der Waals surface area contributed by atoms with Crippen molar-refractivity contribution in [1.29, 1.82) is 0 Å². The van der Waals surface area contributed by atoms with Gasteiger partial charge in [0, 0.05) is 24.2 Å². The molecule has 1 amide bonds. The maximum atomic E-state index is 13.3. The third-order valence-corrected chi connectivity index (χ3v) is 5.38. The number of phenolic OH excluding ortho intramolecular Hbond substituents is 1. The van der Waals surface area contributed by atoms with Crippen LogP contribution in [0, 0.1) is 0 Å². The van der Waals surface area contributed by atoms with E-state index in [-0.39, 0.29) is 23.3 Å². The summed E-state index contributed by atoms with van der Waals surface area (Å²) in [5, 5.41) is 10.2. The third kappa shape index (κ3) is 5.55. The van der Waals surface area contributed by atoms with E-state index in [9.17, 15) is 9.90 Å². The standard InChI is InChI=1S/C23H26BrNO5/c1-3-10-30-21-9-6-16(12-22(21)28-2)14-25(15-18-5-4-11-29-18)23(27)19-13-17(24)7-8-20(19)26/h3,6-9,12-13,18,26H,1,4-5,10-11,14-15H2,2H3/t18-/m1/s1. The Balaban J connectivity index is 1.86. The highest BCUT2D eigenvalue weighted by Gasteiger charge is 2.25. The summed E-state index contributed by atoms with van der Waals surface area (Å²) in [5.74, 6) is 0.897. The number of hydrogen-bond donors (Lipinski definition) is 1. The van der Waals surface area contributed by atoms with E-state index in [2.05, 4.69) is 22.5 Å². The van der Waals surface area contributed by atoms with E-state index < -0.39 is 0 Å². The molecule has 0 saturated carbocycles. The molecule has 0 bridgehead atoms. The van der Waals surface area contributed by atoms with Gasteiger partial charge in [-0.2, -0.15) is 0 Å². The number of ether oxygens (including phenoxy) is 3. The lowest BCUT2D eigenvalue weighted by molar-refractivity contribution is 0.0505. The van der Waals surface area contributed by atoms with Gasteiger partial charge in [-0.25, -0.2) is 0 Å². The molecule has 2 aromatic rings. The van der Waals surface area contributed by atoms with Crippen molar-refractivity contribution in [2.24, 2.45) is 0 Å². The van der Waals surface area contributed by atoms with Crippen LogP contribution in [0.4, 0.5) is 0 Å². The van der Waals surface area contributed by atoms with E-state index in [1.165, 1.54) is 6.07 Å². The Labute approximate surface area is 185 Å². The Morgan fingerprint density at radius 2 is 2.17 bits per heavy atom. The first kappa shape index (κ1) is 22.2. The average Bonchev–Trinajstić information content (AvgIpc) is 3.26. The largest absolute Gasteiger partial charge is 0.507 e. The number of phenols is 1. The highest BCUT2D eigenvalue weighted by atomic mass is 79.9. The minimum Gasteiger partial charge on any atom is -0.507 e. The molecule has 1 aliphatic heterocycles. The molecule has 7 heteroatoms. The Bertz CT molecular complexity index is 895. The second kappa shape index (κ2) is 10.5. The SMILES string of the molecule is C=CCOc1ccc(CN(C[C@H]2CCCO2)C(=O)c2cc(Br)ccc2O)cc1OC. The topological polar surface area (TPSA) is 68.2 Å². The second-order valence-corrected chi connectivity index (χ2v) is 7.98. The second-order valence-electron chi connectivity index (χ2n) is 7.07. The molecule has 1 fully saturated rings. The number of hydrogen-bond acceptors (Lipinski definition) is 5. The fourth-order valence-corrected chi connectivity index (χ4v) is 3.76. The maximum absolute atomic E-state index is 13.3. The molecule has 0 radical (unpaired) electrons. The molecule has 1 heterocycles. The average molecular weight is 476 g/mol. The number of amides is 1. The van der Waals surface area contributed by atoms with Gasteiger partial charge in [-0.3, -0.25) is 4.79 Å². The van der Waals surface area contributed by atoms with Crippen LogP contribution < -0.4 is 9.47 Å². The van der Waals surface area contributed by atoms with E-state index in [1.54, 1.807) is 30.2 Å². The van der Waals surface area contributed by atoms with E-state index in [0.717, 1.165) is 22.9 Å². The first-order chi connectivity index (χ1) is 14.5. The van der Waals surface area contributed by atoms with Crippen molar-refractivity contribution < 1.29 is 24.1 Å². The highest BCUT2D eigenvalue weighted by molar-refractivity contribution is 9.10. The fourth-order valence-electron chi connectivity index (χ4n) is 3.40. The van der Waals surface area contributed by atoms with Crippen LogP contribution in [-0.4, -0.2) is 48.9 Å². The smallest absolute Gasteiger partial charge is 0.258 e. The fraction of sp³-hybridized carbons (Fsp3) is 0.348. The molecule has 160 valence electrons. The van der Waals surface area contributed by atoms with Crippen molar-refractivity contribution in [3.8, 4) is 17.2 Å². The zero-order valence-corrected chi connectivity index (χ0v) is 18.6. The van der Waals surface area contributed by atoms with Crippen molar-refractivity contribution in [1.82, 2.24) is 4.90 Å². The molecule has 3 rings (SSSR count). The molecule has 2 aromatic carbocycles. The van der Waals surface area contributed by atoms with Crippen LogP contribution in [0.5, 0.6) is 17.2 Å². The summed E-state index contributed by atoms with van der Waals surface area (Å²) in [5.41, 5.74) is 1.14. The maximum Gasteiger partial charge on any atom is 0.258 e. The molecular formula is C23H26BrNO5. The predicted octanol–water partition coefficient (Wildman–Crippen LogP) is 4.55. The van der Waals surface area contributed by atoms with Crippen molar-refractivity contribution in [2.45, 2.75) is 25.5 Å². The lowest BCUT2D eigenvalue weighted by Gasteiger charge is -2.26. The lowest BCUT2D eigenvalue weighted by Crippen LogP contribution is -2.37. The molecule has 1 N–H and O–H groups in total. The van der Waals surface area contributed by atoms with Crippen molar-refractivity contribution >= 4 is 21.8 Å². The monoisotopic (exact) mass is 475 g/mol. The number of benzene rings is 2. The van der Waals surface area contributed by atoms with Gasteiger partial charge in [-0.1, -0.05) is 34.7 Å². The summed E-state index contributed by atoms with van der Waals surface area (Å²) in [6, 6.07) is 10.4.